The molecule has 0 saturated carbocycles. The molecule has 0 unspecified atom stereocenters. The number of fused-ring (bicyclic) bond motifs is 3. The van der Waals surface area contributed by atoms with Crippen LogP contribution >= 0.6 is 0 Å². The zero-order valence-electron chi connectivity index (χ0n) is 23.3. The Morgan fingerprint density at radius 2 is 1.71 bits per heavy atom. The van der Waals surface area contributed by atoms with Gasteiger partial charge < -0.3 is 28.6 Å². The summed E-state index contributed by atoms with van der Waals surface area (Å²) in [6, 6.07) is 12.7. The fraction of sp³-hybridized carbons (Fsp3) is 0.323. The summed E-state index contributed by atoms with van der Waals surface area (Å²) in [5, 5.41) is 1.86. The molecule has 1 saturated heterocycles. The second-order valence-corrected chi connectivity index (χ2v) is 11.1. The van der Waals surface area contributed by atoms with E-state index in [0.717, 1.165) is 16.8 Å². The van der Waals surface area contributed by atoms with Crippen molar-refractivity contribution in [3.05, 3.63) is 70.3 Å². The van der Waals surface area contributed by atoms with E-state index in [-0.39, 0.29) is 29.0 Å². The fourth-order valence-corrected chi connectivity index (χ4v) is 5.38. The molecular formula is C31H30FN3O6. The van der Waals surface area contributed by atoms with Crippen molar-refractivity contribution < 1.29 is 28.2 Å². The summed E-state index contributed by atoms with van der Waals surface area (Å²) in [6.45, 7) is 8.46. The third-order valence-electron chi connectivity index (χ3n) is 7.21. The maximum absolute atomic E-state index is 16.0. The lowest BCUT2D eigenvalue weighted by molar-refractivity contribution is 0.0240. The molecule has 212 valence electrons. The van der Waals surface area contributed by atoms with Crippen molar-refractivity contribution in [2.75, 3.05) is 37.7 Å². The first kappa shape index (κ1) is 26.6. The molecule has 1 aromatic heterocycles. The minimum atomic E-state index is -0.777. The SMILES string of the molecule is CCOC(=O)c1cn2c3c(c(N4CCN(C(=O)OC(C)(C)C)CC4)c(F)cc3c1=O)Oc1cc3ccccc3cc1-2. The van der Waals surface area contributed by atoms with E-state index in [0.29, 0.717) is 43.1 Å². The Hall–Kier alpha value is -4.60. The number of hydrogen-bond acceptors (Lipinski definition) is 7. The van der Waals surface area contributed by atoms with E-state index in [9.17, 15) is 14.4 Å². The maximum Gasteiger partial charge on any atom is 0.410 e. The van der Waals surface area contributed by atoms with Gasteiger partial charge in [0.15, 0.2) is 17.3 Å². The van der Waals surface area contributed by atoms with Gasteiger partial charge in [0.1, 0.15) is 22.4 Å². The number of pyridine rings is 1. The molecule has 10 heteroatoms. The Kier molecular flexibility index (Phi) is 6.36. The topological polar surface area (TPSA) is 90.3 Å². The van der Waals surface area contributed by atoms with Crippen LogP contribution in [0.15, 0.2) is 53.5 Å². The molecule has 2 aliphatic heterocycles. The zero-order valence-corrected chi connectivity index (χ0v) is 23.3. The Balaban J connectivity index is 1.50. The van der Waals surface area contributed by atoms with Gasteiger partial charge in [0.2, 0.25) is 5.43 Å². The lowest BCUT2D eigenvalue weighted by atomic mass is 10.0. The molecule has 2 aliphatic rings. The van der Waals surface area contributed by atoms with Crippen LogP contribution in [-0.4, -0.2) is 59.9 Å². The number of piperazine rings is 1. The third kappa shape index (κ3) is 4.63. The summed E-state index contributed by atoms with van der Waals surface area (Å²) in [5.41, 5.74) is -0.290. The number of benzene rings is 3. The fourth-order valence-electron chi connectivity index (χ4n) is 5.38. The van der Waals surface area contributed by atoms with Gasteiger partial charge in [-0.15, -0.1) is 0 Å². The second-order valence-electron chi connectivity index (χ2n) is 11.1. The van der Waals surface area contributed by atoms with Crippen molar-refractivity contribution in [1.82, 2.24) is 9.47 Å². The molecule has 41 heavy (non-hydrogen) atoms. The van der Waals surface area contributed by atoms with E-state index in [1.165, 1.54) is 6.20 Å². The van der Waals surface area contributed by atoms with Crippen molar-refractivity contribution in [2.45, 2.75) is 33.3 Å². The van der Waals surface area contributed by atoms with E-state index < -0.39 is 28.9 Å². The number of anilines is 1. The van der Waals surface area contributed by atoms with Crippen LogP contribution in [0.3, 0.4) is 0 Å². The van der Waals surface area contributed by atoms with Crippen molar-refractivity contribution in [3.63, 3.8) is 0 Å². The van der Waals surface area contributed by atoms with E-state index in [4.69, 9.17) is 14.2 Å². The number of halogens is 1. The first-order valence-corrected chi connectivity index (χ1v) is 13.6. The monoisotopic (exact) mass is 559 g/mol. The van der Waals surface area contributed by atoms with Crippen molar-refractivity contribution >= 4 is 39.4 Å². The van der Waals surface area contributed by atoms with E-state index in [2.05, 4.69) is 0 Å². The largest absolute Gasteiger partial charge is 0.462 e. The van der Waals surface area contributed by atoms with E-state index in [1.54, 1.807) is 16.4 Å². The van der Waals surface area contributed by atoms with Crippen LogP contribution in [0.1, 0.15) is 38.1 Å². The molecule has 0 bridgehead atoms. The first-order valence-electron chi connectivity index (χ1n) is 13.6. The Morgan fingerprint density at radius 1 is 1.02 bits per heavy atom. The highest BCUT2D eigenvalue weighted by atomic mass is 19.1. The number of hydrogen-bond donors (Lipinski definition) is 0. The first-order chi connectivity index (χ1) is 19.6. The lowest BCUT2D eigenvalue weighted by Gasteiger charge is -2.38. The summed E-state index contributed by atoms with van der Waals surface area (Å²) in [5.74, 6) is -0.801. The van der Waals surface area contributed by atoms with Crippen LogP contribution in [0.2, 0.25) is 0 Å². The number of rotatable bonds is 3. The van der Waals surface area contributed by atoms with Crippen molar-refractivity contribution in [1.29, 1.82) is 0 Å². The highest BCUT2D eigenvalue weighted by molar-refractivity contribution is 6.00. The summed E-state index contributed by atoms with van der Waals surface area (Å²) in [6.07, 6.45) is 1.03. The van der Waals surface area contributed by atoms with Gasteiger partial charge in [0.05, 0.1) is 17.7 Å². The molecular weight excluding hydrogens is 529 g/mol. The molecule has 3 aromatic carbocycles. The van der Waals surface area contributed by atoms with Crippen molar-refractivity contribution in [2.24, 2.45) is 0 Å². The van der Waals surface area contributed by atoms with Gasteiger partial charge >= 0.3 is 12.1 Å². The van der Waals surface area contributed by atoms with Crippen LogP contribution in [0, 0.1) is 5.82 Å². The van der Waals surface area contributed by atoms with Crippen LogP contribution in [0.25, 0.3) is 27.4 Å². The standard InChI is InChI=1S/C31H30FN3O6/c1-5-39-29(37)21-17-35-23-14-18-8-6-7-9-19(18)15-24(23)40-28-25(35)20(27(21)36)16-22(32)26(28)33-10-12-34(13-11-33)30(38)41-31(2,3)4/h6-9,14-17H,5,10-13H2,1-4H3. The number of aromatic nitrogens is 1. The van der Waals surface area contributed by atoms with Crippen LogP contribution in [0.5, 0.6) is 11.5 Å². The number of esters is 1. The molecule has 0 atom stereocenters. The van der Waals surface area contributed by atoms with Gasteiger partial charge in [0, 0.05) is 32.4 Å². The zero-order chi connectivity index (χ0) is 29.1. The average Bonchev–Trinajstić information content (AvgIpc) is 2.92. The summed E-state index contributed by atoms with van der Waals surface area (Å²) >= 11 is 0. The number of amides is 1. The lowest BCUT2D eigenvalue weighted by Crippen LogP contribution is -2.50. The van der Waals surface area contributed by atoms with Crippen LogP contribution in [0.4, 0.5) is 14.9 Å². The predicted octanol–water partition coefficient (Wildman–Crippen LogP) is 5.62. The van der Waals surface area contributed by atoms with E-state index >= 15 is 4.39 Å². The van der Waals surface area contributed by atoms with E-state index in [1.807, 2.05) is 62.1 Å². The Labute approximate surface area is 235 Å². The molecule has 3 heterocycles. The molecule has 0 N–H and O–H groups in total. The Bertz CT molecular complexity index is 1780. The van der Waals surface area contributed by atoms with Gasteiger partial charge in [-0.25, -0.2) is 14.0 Å². The number of nitrogens with zero attached hydrogens (tertiary/aromatic N) is 3. The van der Waals surface area contributed by atoms with Gasteiger partial charge in [0.25, 0.3) is 0 Å². The molecule has 0 spiro atoms. The van der Waals surface area contributed by atoms with Gasteiger partial charge in [-0.3, -0.25) is 4.79 Å². The van der Waals surface area contributed by atoms with Crippen LogP contribution < -0.4 is 15.1 Å². The Morgan fingerprint density at radius 3 is 2.37 bits per heavy atom. The predicted molar refractivity (Wildman–Crippen MR) is 153 cm³/mol. The summed E-state index contributed by atoms with van der Waals surface area (Å²) in [4.78, 5) is 42.2. The molecule has 1 fully saturated rings. The highest BCUT2D eigenvalue weighted by Crippen LogP contribution is 2.47. The average molecular weight is 560 g/mol. The molecule has 4 aromatic rings. The second kappa shape index (κ2) is 9.79. The minimum absolute atomic E-state index is 0.0120. The normalized spacial score (nSPS) is 14.6. The summed E-state index contributed by atoms with van der Waals surface area (Å²) in [7, 11) is 0. The van der Waals surface area contributed by atoms with Gasteiger partial charge in [-0.1, -0.05) is 24.3 Å². The third-order valence-corrected chi connectivity index (χ3v) is 7.21. The summed E-state index contributed by atoms with van der Waals surface area (Å²) < 4.78 is 34.7. The molecule has 9 nitrogen and oxygen atoms in total. The van der Waals surface area contributed by atoms with Crippen LogP contribution in [-0.2, 0) is 9.47 Å². The molecule has 1 amide bonds. The van der Waals surface area contributed by atoms with Gasteiger partial charge in [-0.2, -0.15) is 0 Å². The smallest absolute Gasteiger partial charge is 0.410 e. The number of carbonyl (C=O) groups is 2. The maximum atomic E-state index is 16.0. The van der Waals surface area contributed by atoms with Crippen molar-refractivity contribution in [3.8, 4) is 17.2 Å². The molecule has 6 rings (SSSR count). The molecule has 0 radical (unpaired) electrons. The van der Waals surface area contributed by atoms with Gasteiger partial charge in [-0.05, 0) is 56.7 Å². The highest BCUT2D eigenvalue weighted by Gasteiger charge is 2.33. The minimum Gasteiger partial charge on any atom is -0.462 e. The number of carbonyl (C=O) groups excluding carboxylic acids is 2. The molecule has 0 aliphatic carbocycles. The number of ether oxygens (including phenoxy) is 3. The quantitative estimate of drug-likeness (QED) is 0.265.